The van der Waals surface area contributed by atoms with E-state index in [1.165, 1.54) is 0 Å². The van der Waals surface area contributed by atoms with E-state index in [1.807, 2.05) is 26.2 Å². The molecule has 2 heteroatoms. The summed E-state index contributed by atoms with van der Waals surface area (Å²) in [6, 6.07) is 1.85. The van der Waals surface area contributed by atoms with Crippen molar-refractivity contribution in [1.29, 1.82) is 0 Å². The molecule has 2 nitrogen and oxygen atoms in total. The Morgan fingerprint density at radius 1 is 1.55 bits per heavy atom. The van der Waals surface area contributed by atoms with Gasteiger partial charge in [0.15, 0.2) is 0 Å². The van der Waals surface area contributed by atoms with E-state index in [9.17, 15) is 4.79 Å². The lowest BCUT2D eigenvalue weighted by Crippen LogP contribution is -1.95. The molecule has 0 amide bonds. The van der Waals surface area contributed by atoms with Gasteiger partial charge in [-0.1, -0.05) is 13.8 Å². The number of nitrogens with zero attached hydrogens (tertiary/aromatic N) is 1. The number of rotatable bonds is 2. The summed E-state index contributed by atoms with van der Waals surface area (Å²) < 4.78 is 0. The van der Waals surface area contributed by atoms with Crippen LogP contribution in [0.2, 0.25) is 0 Å². The van der Waals surface area contributed by atoms with Gasteiger partial charge in [-0.05, 0) is 17.5 Å². The van der Waals surface area contributed by atoms with E-state index in [0.29, 0.717) is 11.5 Å². The first-order valence-corrected chi connectivity index (χ1v) is 3.57. The minimum Gasteiger partial charge on any atom is -0.285 e. The molecule has 1 rings (SSSR count). The summed E-state index contributed by atoms with van der Waals surface area (Å²) in [7, 11) is 0. The molecule has 0 atom stereocenters. The lowest BCUT2D eigenvalue weighted by Gasteiger charge is -2.05. The zero-order valence-corrected chi connectivity index (χ0v) is 6.66. The highest BCUT2D eigenvalue weighted by Gasteiger charge is 2.04. The number of hydrogen-bond acceptors (Lipinski definition) is 2. The first-order chi connectivity index (χ1) is 5.25. The third kappa shape index (κ3) is 1.64. The highest BCUT2D eigenvalue weighted by Crippen LogP contribution is 2.15. The average Bonchev–Trinajstić information content (AvgIpc) is 2.04. The van der Waals surface area contributed by atoms with Crippen LogP contribution in [0.15, 0.2) is 18.5 Å². The van der Waals surface area contributed by atoms with E-state index in [4.69, 9.17) is 0 Å². The molecule has 0 N–H and O–H groups in total. The Morgan fingerprint density at radius 3 is 2.73 bits per heavy atom. The molecule has 0 saturated carbocycles. The zero-order valence-electron chi connectivity index (χ0n) is 6.66. The van der Waals surface area contributed by atoms with Crippen molar-refractivity contribution in [2.75, 3.05) is 0 Å². The van der Waals surface area contributed by atoms with Gasteiger partial charge < -0.3 is 0 Å². The van der Waals surface area contributed by atoms with Gasteiger partial charge in [-0.2, -0.15) is 0 Å². The second-order valence-corrected chi connectivity index (χ2v) is 2.72. The molecule has 1 radical (unpaired) electrons. The van der Waals surface area contributed by atoms with Gasteiger partial charge >= 0.3 is 0 Å². The van der Waals surface area contributed by atoms with Crippen molar-refractivity contribution in [3.05, 3.63) is 29.6 Å². The van der Waals surface area contributed by atoms with Gasteiger partial charge in [0.2, 0.25) is 6.29 Å². The minimum absolute atomic E-state index is 0.356. The molecule has 11 heavy (non-hydrogen) atoms. The SMILES string of the molecule is CC(C)c1ccncc1[C]=O. The summed E-state index contributed by atoms with van der Waals surface area (Å²) in [6.07, 6.45) is 5.10. The van der Waals surface area contributed by atoms with Gasteiger partial charge in [-0.25, -0.2) is 0 Å². The maximum absolute atomic E-state index is 10.4. The maximum atomic E-state index is 10.4. The van der Waals surface area contributed by atoms with Crippen LogP contribution >= 0.6 is 0 Å². The fourth-order valence-corrected chi connectivity index (χ4v) is 0.994. The minimum atomic E-state index is 0.356. The Morgan fingerprint density at radius 2 is 2.27 bits per heavy atom. The van der Waals surface area contributed by atoms with Crippen LogP contribution in [0.4, 0.5) is 0 Å². The maximum Gasteiger partial charge on any atom is 0.235 e. The van der Waals surface area contributed by atoms with Crippen molar-refractivity contribution in [3.8, 4) is 0 Å². The summed E-state index contributed by atoms with van der Waals surface area (Å²) in [5, 5.41) is 0. The van der Waals surface area contributed by atoms with Crippen LogP contribution in [-0.2, 0) is 4.79 Å². The molecule has 0 aliphatic rings. The topological polar surface area (TPSA) is 30.0 Å². The summed E-state index contributed by atoms with van der Waals surface area (Å²) >= 11 is 0. The first kappa shape index (κ1) is 7.92. The largest absolute Gasteiger partial charge is 0.285 e. The smallest absolute Gasteiger partial charge is 0.235 e. The fourth-order valence-electron chi connectivity index (χ4n) is 0.994. The lowest BCUT2D eigenvalue weighted by molar-refractivity contribution is 0.562. The van der Waals surface area contributed by atoms with E-state index < -0.39 is 0 Å². The molecule has 1 aromatic heterocycles. The number of carbonyl (C=O) groups excluding carboxylic acids is 1. The van der Waals surface area contributed by atoms with E-state index >= 15 is 0 Å². The zero-order chi connectivity index (χ0) is 8.27. The van der Waals surface area contributed by atoms with Crippen LogP contribution in [0.5, 0.6) is 0 Å². The van der Waals surface area contributed by atoms with Gasteiger partial charge in [-0.15, -0.1) is 0 Å². The third-order valence-corrected chi connectivity index (χ3v) is 1.59. The lowest BCUT2D eigenvalue weighted by atomic mass is 10.0. The molecule has 0 aromatic carbocycles. The predicted molar refractivity (Wildman–Crippen MR) is 43.1 cm³/mol. The van der Waals surface area contributed by atoms with Crippen LogP contribution in [0.25, 0.3) is 0 Å². The molecule has 0 aliphatic carbocycles. The molecule has 57 valence electrons. The molecule has 1 aromatic rings. The van der Waals surface area contributed by atoms with Crippen LogP contribution in [0.3, 0.4) is 0 Å². The first-order valence-electron chi connectivity index (χ1n) is 3.57. The summed E-state index contributed by atoms with van der Waals surface area (Å²) in [5.41, 5.74) is 1.58. The fraction of sp³-hybridized carbons (Fsp3) is 0.333. The number of pyridine rings is 1. The molecule has 0 aliphatic heterocycles. The van der Waals surface area contributed by atoms with Gasteiger partial charge in [-0.3, -0.25) is 9.78 Å². The normalized spacial score (nSPS) is 10.1. The molecular weight excluding hydrogens is 138 g/mol. The molecule has 0 unspecified atom stereocenters. The predicted octanol–water partition coefficient (Wildman–Crippen LogP) is 1.66. The van der Waals surface area contributed by atoms with Gasteiger partial charge in [0.1, 0.15) is 0 Å². The Hall–Kier alpha value is -1.18. The summed E-state index contributed by atoms with van der Waals surface area (Å²) in [4.78, 5) is 14.2. The number of aromatic nitrogens is 1. The molecule has 0 bridgehead atoms. The quantitative estimate of drug-likeness (QED) is 0.638. The van der Waals surface area contributed by atoms with Crippen molar-refractivity contribution in [1.82, 2.24) is 4.98 Å². The molecule has 0 saturated heterocycles. The Balaban J connectivity index is 3.12. The van der Waals surface area contributed by atoms with Gasteiger partial charge in [0, 0.05) is 18.0 Å². The second kappa shape index (κ2) is 3.28. The van der Waals surface area contributed by atoms with Crippen LogP contribution in [-0.4, -0.2) is 11.3 Å². The van der Waals surface area contributed by atoms with E-state index in [-0.39, 0.29) is 0 Å². The van der Waals surface area contributed by atoms with E-state index in [2.05, 4.69) is 4.98 Å². The monoisotopic (exact) mass is 148 g/mol. The third-order valence-electron chi connectivity index (χ3n) is 1.59. The Labute approximate surface area is 66.3 Å². The van der Waals surface area contributed by atoms with Crippen molar-refractivity contribution in [3.63, 3.8) is 0 Å². The highest BCUT2D eigenvalue weighted by atomic mass is 16.1. The molecule has 0 spiro atoms. The standard InChI is InChI=1S/C9H10NO/c1-7(2)9-3-4-10-5-8(9)6-11/h3-5,7H,1-2H3. The average molecular weight is 148 g/mol. The highest BCUT2D eigenvalue weighted by molar-refractivity contribution is 5.77. The van der Waals surface area contributed by atoms with Crippen LogP contribution in [0.1, 0.15) is 30.9 Å². The van der Waals surface area contributed by atoms with E-state index in [0.717, 1.165) is 5.56 Å². The second-order valence-electron chi connectivity index (χ2n) is 2.72. The van der Waals surface area contributed by atoms with E-state index in [1.54, 1.807) is 12.4 Å². The van der Waals surface area contributed by atoms with Crippen LogP contribution in [0, 0.1) is 0 Å². The summed E-state index contributed by atoms with van der Waals surface area (Å²) in [6.45, 7) is 4.08. The molecule has 0 fully saturated rings. The van der Waals surface area contributed by atoms with Crippen molar-refractivity contribution in [2.24, 2.45) is 0 Å². The van der Waals surface area contributed by atoms with Gasteiger partial charge in [0.05, 0.1) is 0 Å². The molecular formula is C9H10NO. The van der Waals surface area contributed by atoms with Gasteiger partial charge in [0.25, 0.3) is 0 Å². The summed E-state index contributed by atoms with van der Waals surface area (Å²) in [5.74, 6) is 0.356. The Kier molecular flexibility index (Phi) is 2.36. The van der Waals surface area contributed by atoms with Crippen molar-refractivity contribution in [2.45, 2.75) is 19.8 Å². The van der Waals surface area contributed by atoms with Crippen molar-refractivity contribution < 1.29 is 4.79 Å². The molecule has 1 heterocycles. The Bertz CT molecular complexity index is 255. The number of hydrogen-bond donors (Lipinski definition) is 0. The van der Waals surface area contributed by atoms with Crippen LogP contribution < -0.4 is 0 Å². The van der Waals surface area contributed by atoms with Crippen molar-refractivity contribution >= 4 is 6.29 Å².